The fraction of sp³-hybridized carbons (Fsp3) is 0.500. The van der Waals surface area contributed by atoms with E-state index in [2.05, 4.69) is 40.2 Å². The minimum Gasteiger partial charge on any atom is -0.336 e. The first kappa shape index (κ1) is 17.9. The van der Waals surface area contributed by atoms with Crippen molar-refractivity contribution in [2.24, 2.45) is 7.05 Å². The van der Waals surface area contributed by atoms with Crippen LogP contribution in [0.15, 0.2) is 29.2 Å². The molecule has 0 bridgehead atoms. The smallest absolute Gasteiger partial charge is 0.290 e. The number of rotatable bonds is 4. The van der Waals surface area contributed by atoms with Crippen LogP contribution in [0.3, 0.4) is 0 Å². The number of nitrogens with one attached hydrogen (secondary N) is 1. The van der Waals surface area contributed by atoms with Crippen LogP contribution in [-0.4, -0.2) is 38.8 Å². The van der Waals surface area contributed by atoms with Crippen molar-refractivity contribution in [2.45, 2.75) is 38.6 Å². The minimum absolute atomic E-state index is 0.240. The molecule has 3 rings (SSSR count). The van der Waals surface area contributed by atoms with E-state index in [-0.39, 0.29) is 10.7 Å². The largest absolute Gasteiger partial charge is 0.336 e. The molecule has 134 valence electrons. The van der Waals surface area contributed by atoms with Crippen LogP contribution in [-0.2, 0) is 7.05 Å². The molecule has 1 saturated heterocycles. The minimum atomic E-state index is -0.240. The average Bonchev–Trinajstić information content (AvgIpc) is 2.60. The van der Waals surface area contributed by atoms with E-state index in [1.54, 1.807) is 7.05 Å². The Balaban J connectivity index is 1.68. The maximum Gasteiger partial charge on any atom is 0.290 e. The Kier molecular flexibility index (Phi) is 5.39. The Labute approximate surface area is 152 Å². The summed E-state index contributed by atoms with van der Waals surface area (Å²) in [5, 5.41) is 7.17. The van der Waals surface area contributed by atoms with Crippen molar-refractivity contribution in [3.8, 4) is 0 Å². The Hall–Kier alpha value is -1.92. The lowest BCUT2D eigenvalue weighted by Gasteiger charge is -2.34. The molecule has 1 N–H and O–H groups in total. The highest BCUT2D eigenvalue weighted by Crippen LogP contribution is 2.29. The van der Waals surface area contributed by atoms with Crippen molar-refractivity contribution in [1.82, 2.24) is 19.7 Å². The van der Waals surface area contributed by atoms with Gasteiger partial charge < -0.3 is 10.2 Å². The van der Waals surface area contributed by atoms with Gasteiger partial charge in [-0.1, -0.05) is 17.7 Å². The topological polar surface area (TPSA) is 63.1 Å². The first-order valence-electron chi connectivity index (χ1n) is 8.65. The third-order valence-corrected chi connectivity index (χ3v) is 5.00. The molecule has 0 radical (unpaired) electrons. The highest BCUT2D eigenvalue weighted by Gasteiger charge is 2.22. The van der Waals surface area contributed by atoms with Crippen LogP contribution in [0.1, 0.15) is 38.2 Å². The van der Waals surface area contributed by atoms with E-state index < -0.39 is 0 Å². The van der Waals surface area contributed by atoms with Crippen molar-refractivity contribution in [2.75, 3.05) is 18.4 Å². The summed E-state index contributed by atoms with van der Waals surface area (Å²) in [4.78, 5) is 19.1. The van der Waals surface area contributed by atoms with Crippen LogP contribution in [0.2, 0.25) is 5.15 Å². The lowest BCUT2D eigenvalue weighted by atomic mass is 9.90. The van der Waals surface area contributed by atoms with Crippen molar-refractivity contribution >= 4 is 23.1 Å². The predicted molar refractivity (Wildman–Crippen MR) is 101 cm³/mol. The number of likely N-dealkylation sites (tertiary alicyclic amines) is 1. The summed E-state index contributed by atoms with van der Waals surface area (Å²) in [6, 6.07) is 6.14. The monoisotopic (exact) mass is 361 g/mol. The molecule has 25 heavy (non-hydrogen) atoms. The molecule has 2 aromatic heterocycles. The van der Waals surface area contributed by atoms with Gasteiger partial charge in [0, 0.05) is 25.4 Å². The third-order valence-electron chi connectivity index (χ3n) is 4.81. The van der Waals surface area contributed by atoms with Gasteiger partial charge in [0.25, 0.3) is 5.56 Å². The van der Waals surface area contributed by atoms with Crippen molar-refractivity contribution in [3.05, 3.63) is 45.5 Å². The van der Waals surface area contributed by atoms with Crippen LogP contribution < -0.4 is 10.9 Å². The molecule has 0 aromatic carbocycles. The SMILES string of the molecule is CC(C)N1CCC(c2ccc(Nc3cc(Cl)nn(C)c3=O)nc2)CC1. The summed E-state index contributed by atoms with van der Waals surface area (Å²) in [5.74, 6) is 1.18. The Morgan fingerprint density at radius 3 is 2.60 bits per heavy atom. The molecule has 7 heteroatoms. The molecule has 0 saturated carbocycles. The number of pyridine rings is 1. The quantitative estimate of drug-likeness (QED) is 0.906. The highest BCUT2D eigenvalue weighted by atomic mass is 35.5. The number of hydrogen-bond donors (Lipinski definition) is 1. The second-order valence-electron chi connectivity index (χ2n) is 6.82. The van der Waals surface area contributed by atoms with Gasteiger partial charge in [-0.25, -0.2) is 9.67 Å². The van der Waals surface area contributed by atoms with Crippen LogP contribution >= 0.6 is 11.6 Å². The van der Waals surface area contributed by atoms with Crippen molar-refractivity contribution in [1.29, 1.82) is 0 Å². The number of anilines is 2. The molecule has 0 aliphatic carbocycles. The van der Waals surface area contributed by atoms with Crippen LogP contribution in [0, 0.1) is 0 Å². The second kappa shape index (κ2) is 7.54. The van der Waals surface area contributed by atoms with E-state index in [9.17, 15) is 4.79 Å². The Morgan fingerprint density at radius 1 is 1.28 bits per heavy atom. The van der Waals surface area contributed by atoms with Gasteiger partial charge in [-0.2, -0.15) is 5.10 Å². The van der Waals surface area contributed by atoms with Gasteiger partial charge in [0.2, 0.25) is 0 Å². The second-order valence-corrected chi connectivity index (χ2v) is 7.20. The molecule has 6 nitrogen and oxygen atoms in total. The van der Waals surface area contributed by atoms with Crippen molar-refractivity contribution < 1.29 is 0 Å². The first-order valence-corrected chi connectivity index (χ1v) is 9.02. The average molecular weight is 362 g/mol. The normalized spacial score (nSPS) is 16.4. The van der Waals surface area contributed by atoms with Crippen LogP contribution in [0.4, 0.5) is 11.5 Å². The Bertz CT molecular complexity index is 779. The van der Waals surface area contributed by atoms with E-state index in [1.165, 1.54) is 16.3 Å². The van der Waals surface area contributed by atoms with Crippen LogP contribution in [0.25, 0.3) is 0 Å². The molecular weight excluding hydrogens is 338 g/mol. The summed E-state index contributed by atoms with van der Waals surface area (Å²) >= 11 is 5.91. The van der Waals surface area contributed by atoms with Gasteiger partial charge in [0.1, 0.15) is 11.5 Å². The van der Waals surface area contributed by atoms with E-state index in [1.807, 2.05) is 12.3 Å². The van der Waals surface area contributed by atoms with Gasteiger partial charge in [-0.3, -0.25) is 4.79 Å². The van der Waals surface area contributed by atoms with E-state index >= 15 is 0 Å². The van der Waals surface area contributed by atoms with Gasteiger partial charge in [-0.05, 0) is 57.3 Å². The lowest BCUT2D eigenvalue weighted by Crippen LogP contribution is -2.37. The summed E-state index contributed by atoms with van der Waals surface area (Å²) in [5.41, 5.74) is 1.39. The van der Waals surface area contributed by atoms with E-state index in [4.69, 9.17) is 11.6 Å². The Morgan fingerprint density at radius 2 is 2.00 bits per heavy atom. The van der Waals surface area contributed by atoms with Gasteiger partial charge in [-0.15, -0.1) is 0 Å². The summed E-state index contributed by atoms with van der Waals surface area (Å²) in [6.45, 7) is 6.76. The zero-order valence-corrected chi connectivity index (χ0v) is 15.6. The zero-order chi connectivity index (χ0) is 18.0. The molecule has 3 heterocycles. The molecule has 1 fully saturated rings. The fourth-order valence-electron chi connectivity index (χ4n) is 3.27. The molecule has 0 atom stereocenters. The molecule has 2 aromatic rings. The standard InChI is InChI=1S/C18H24ClN5O/c1-12(2)24-8-6-13(7-9-24)14-4-5-17(20-11-14)21-15-10-16(19)22-23(3)18(15)25/h4-5,10-13H,6-9H2,1-3H3,(H,20,21). The fourth-order valence-corrected chi connectivity index (χ4v) is 3.49. The maximum absolute atomic E-state index is 12.1. The highest BCUT2D eigenvalue weighted by molar-refractivity contribution is 6.29. The van der Waals surface area contributed by atoms with Gasteiger partial charge in [0.05, 0.1) is 0 Å². The first-order chi connectivity index (χ1) is 11.9. The molecule has 0 unspecified atom stereocenters. The van der Waals surface area contributed by atoms with E-state index in [0.29, 0.717) is 23.5 Å². The predicted octanol–water partition coefficient (Wildman–Crippen LogP) is 3.16. The van der Waals surface area contributed by atoms with Gasteiger partial charge >= 0.3 is 0 Å². The number of aromatic nitrogens is 3. The number of aryl methyl sites for hydroxylation is 1. The molecule has 1 aliphatic rings. The number of piperidine rings is 1. The summed E-state index contributed by atoms with van der Waals surface area (Å²) in [6.07, 6.45) is 4.23. The number of nitrogens with zero attached hydrogens (tertiary/aromatic N) is 4. The molecule has 0 amide bonds. The molecule has 1 aliphatic heterocycles. The number of hydrogen-bond acceptors (Lipinski definition) is 5. The molecular formula is C18H24ClN5O. The number of halogens is 1. The molecule has 0 spiro atoms. The van der Waals surface area contributed by atoms with Crippen LogP contribution in [0.5, 0.6) is 0 Å². The van der Waals surface area contributed by atoms with E-state index in [0.717, 1.165) is 25.9 Å². The maximum atomic E-state index is 12.1. The lowest BCUT2D eigenvalue weighted by molar-refractivity contribution is 0.172. The summed E-state index contributed by atoms with van der Waals surface area (Å²) in [7, 11) is 1.57. The van der Waals surface area contributed by atoms with Crippen molar-refractivity contribution in [3.63, 3.8) is 0 Å². The summed E-state index contributed by atoms with van der Waals surface area (Å²) < 4.78 is 1.21. The third kappa shape index (κ3) is 4.19. The zero-order valence-electron chi connectivity index (χ0n) is 14.9. The van der Waals surface area contributed by atoms with Gasteiger partial charge in [0.15, 0.2) is 5.15 Å².